The maximum atomic E-state index is 15.1. The Balaban J connectivity index is 0.00000560. The third-order valence-corrected chi connectivity index (χ3v) is 13.2. The monoisotopic (exact) mass is 1120 g/mol. The van der Waals surface area contributed by atoms with Crippen LogP contribution in [0.25, 0.3) is 72.1 Å². The van der Waals surface area contributed by atoms with E-state index in [-0.39, 0.29) is 26.5 Å². The Bertz CT molecular complexity index is 3790. The van der Waals surface area contributed by atoms with Gasteiger partial charge in [0.2, 0.25) is 0 Å². The number of fused-ring (bicyclic) bond motifs is 4. The van der Waals surface area contributed by atoms with Gasteiger partial charge in [0.1, 0.15) is 17.5 Å². The Morgan fingerprint density at radius 1 is 0.500 bits per heavy atom. The summed E-state index contributed by atoms with van der Waals surface area (Å²) in [5.74, 6) is 0.500. The van der Waals surface area contributed by atoms with E-state index in [1.165, 1.54) is 17.7 Å². The van der Waals surface area contributed by atoms with Crippen LogP contribution in [0.2, 0.25) is 0 Å². The van der Waals surface area contributed by atoms with Gasteiger partial charge in [0.25, 0.3) is 0 Å². The van der Waals surface area contributed by atoms with E-state index in [2.05, 4.69) is 156 Å². The summed E-state index contributed by atoms with van der Waals surface area (Å²) in [6.07, 6.45) is 1.88. The molecule has 8 heteroatoms. The predicted molar refractivity (Wildman–Crippen MR) is 285 cm³/mol. The van der Waals surface area contributed by atoms with E-state index in [4.69, 9.17) is 9.72 Å². The zero-order valence-electron chi connectivity index (χ0n) is 39.6. The fraction of sp³-hybridized carbons (Fsp3) is 0.0625. The molecule has 1 aliphatic rings. The molecular weight excluding hydrogens is 1070 g/mol. The molecule has 0 amide bonds. The van der Waals surface area contributed by atoms with Gasteiger partial charge in [-0.1, -0.05) is 160 Å². The second-order valence-corrected chi connectivity index (χ2v) is 18.8. The maximum absolute atomic E-state index is 15.1. The van der Waals surface area contributed by atoms with Crippen LogP contribution in [0.3, 0.4) is 0 Å². The molecule has 0 aliphatic carbocycles. The number of aromatic nitrogens is 2. The molecule has 2 aromatic heterocycles. The summed E-state index contributed by atoms with van der Waals surface area (Å²) in [7, 11) is 0. The largest absolute Gasteiger partial charge is 0.509 e. The van der Waals surface area contributed by atoms with Gasteiger partial charge in [-0.15, -0.1) is 53.6 Å². The molecule has 9 aromatic carbocycles. The molecule has 11 aromatic rings. The molecule has 0 saturated heterocycles. The van der Waals surface area contributed by atoms with Crippen LogP contribution >= 0.6 is 0 Å². The summed E-state index contributed by atoms with van der Waals surface area (Å²) in [5, 5.41) is 2.12. The van der Waals surface area contributed by atoms with Gasteiger partial charge < -0.3 is 19.1 Å². The standard InChI is InChI=1S/C64H45F2N4O.Pt/c1-64(2,3)46-31-32-67-62(37-46)70-58-26-13-12-23-56(58)57-30-29-50(40-61(57)70)71-51-36-45(53-22-11-10-21-52(53)42-17-6-4-7-18-42)35-49(39-51)68-41-69(60-28-15-14-27-59(60)68)63-54(43-19-8-5-9-20-43)24-16-25-55(63)44-33-47(65)38-48(66)34-44;/h4-38,41H,1-3H3;/q-3;. The van der Waals surface area contributed by atoms with Crippen molar-refractivity contribution in [2.45, 2.75) is 26.2 Å². The number of benzene rings is 9. The molecule has 5 nitrogen and oxygen atoms in total. The first-order chi connectivity index (χ1) is 34.6. The number of hydrogen-bond donors (Lipinski definition) is 0. The third kappa shape index (κ3) is 8.54. The average molecular weight is 1120 g/mol. The van der Waals surface area contributed by atoms with E-state index in [9.17, 15) is 0 Å². The van der Waals surface area contributed by atoms with Gasteiger partial charge in [-0.25, -0.2) is 13.8 Å². The number of para-hydroxylation sites is 4. The van der Waals surface area contributed by atoms with E-state index in [1.54, 1.807) is 0 Å². The van der Waals surface area contributed by atoms with Crippen LogP contribution in [-0.4, -0.2) is 9.55 Å². The number of pyridine rings is 1. The van der Waals surface area contributed by atoms with Gasteiger partial charge in [0.15, 0.2) is 0 Å². The minimum atomic E-state index is -0.650. The number of hydrogen-bond acceptors (Lipinski definition) is 4. The molecule has 0 N–H and O–H groups in total. The number of halogens is 2. The maximum Gasteiger partial charge on any atom is 0.135 e. The fourth-order valence-electron chi connectivity index (χ4n) is 9.85. The topological polar surface area (TPSA) is 33.5 Å². The van der Waals surface area contributed by atoms with E-state index in [0.29, 0.717) is 28.3 Å². The van der Waals surface area contributed by atoms with Crippen LogP contribution in [0.15, 0.2) is 212 Å². The van der Waals surface area contributed by atoms with Crippen molar-refractivity contribution in [1.29, 1.82) is 0 Å². The molecule has 0 radical (unpaired) electrons. The molecule has 354 valence electrons. The summed E-state index contributed by atoms with van der Waals surface area (Å²) in [6.45, 7) is 8.65. The van der Waals surface area contributed by atoms with Crippen LogP contribution in [0, 0.1) is 30.4 Å². The molecule has 0 saturated carbocycles. The summed E-state index contributed by atoms with van der Waals surface area (Å²) in [4.78, 5) is 9.11. The molecule has 1 aliphatic heterocycles. The Labute approximate surface area is 432 Å². The second-order valence-electron chi connectivity index (χ2n) is 18.8. The van der Waals surface area contributed by atoms with Crippen LogP contribution in [0.4, 0.5) is 31.5 Å². The van der Waals surface area contributed by atoms with Crippen molar-refractivity contribution in [2.24, 2.45) is 0 Å². The Morgan fingerprint density at radius 2 is 1.08 bits per heavy atom. The van der Waals surface area contributed by atoms with Crippen LogP contribution in [0.5, 0.6) is 11.5 Å². The van der Waals surface area contributed by atoms with Crippen molar-refractivity contribution in [3.63, 3.8) is 0 Å². The van der Waals surface area contributed by atoms with Gasteiger partial charge in [-0.05, 0) is 86.6 Å². The van der Waals surface area contributed by atoms with E-state index in [0.717, 1.165) is 84.1 Å². The van der Waals surface area contributed by atoms with Crippen molar-refractivity contribution in [2.75, 3.05) is 9.80 Å². The molecule has 0 spiro atoms. The van der Waals surface area contributed by atoms with Gasteiger partial charge >= 0.3 is 0 Å². The van der Waals surface area contributed by atoms with Gasteiger partial charge in [-0.2, -0.15) is 6.07 Å². The number of rotatable bonds is 9. The first-order valence-electron chi connectivity index (χ1n) is 23.6. The summed E-state index contributed by atoms with van der Waals surface area (Å²) in [6, 6.07) is 74.7. The zero-order chi connectivity index (χ0) is 48.2. The number of ether oxygens (including phenoxy) is 1. The summed E-state index contributed by atoms with van der Waals surface area (Å²) in [5.41, 5.74) is 13.2. The first kappa shape index (κ1) is 46.3. The van der Waals surface area contributed by atoms with Crippen LogP contribution < -0.4 is 14.5 Å². The van der Waals surface area contributed by atoms with Crippen molar-refractivity contribution < 1.29 is 34.6 Å². The van der Waals surface area contributed by atoms with Gasteiger partial charge in [0, 0.05) is 78.5 Å². The molecule has 0 unspecified atom stereocenters. The van der Waals surface area contributed by atoms with Gasteiger partial charge in [-0.3, -0.25) is 0 Å². The normalized spacial score (nSPS) is 12.3. The quantitative estimate of drug-likeness (QED) is 0.135. The zero-order valence-corrected chi connectivity index (χ0v) is 41.8. The Hall–Kier alpha value is -8.12. The molecule has 3 heterocycles. The molecular formula is C64H45F2N4OPt-3. The summed E-state index contributed by atoms with van der Waals surface area (Å²) < 4.78 is 39.3. The van der Waals surface area contributed by atoms with Crippen molar-refractivity contribution in [3.05, 3.63) is 248 Å². The molecule has 12 rings (SSSR count). The average Bonchev–Trinajstić information content (AvgIpc) is 3.94. The second kappa shape index (κ2) is 18.9. The van der Waals surface area contributed by atoms with Crippen molar-refractivity contribution in [1.82, 2.24) is 9.55 Å². The number of nitrogens with zero attached hydrogens (tertiary/aromatic N) is 4. The van der Waals surface area contributed by atoms with Crippen molar-refractivity contribution in [3.8, 4) is 61.8 Å². The predicted octanol–water partition coefficient (Wildman–Crippen LogP) is 17.2. The first-order valence-corrected chi connectivity index (χ1v) is 23.6. The molecule has 72 heavy (non-hydrogen) atoms. The van der Waals surface area contributed by atoms with E-state index < -0.39 is 11.6 Å². The minimum absolute atomic E-state index is 0. The van der Waals surface area contributed by atoms with E-state index in [1.807, 2.05) is 91.7 Å². The van der Waals surface area contributed by atoms with Crippen LogP contribution in [-0.2, 0) is 26.5 Å². The molecule has 0 atom stereocenters. The van der Waals surface area contributed by atoms with Crippen LogP contribution in [0.1, 0.15) is 26.3 Å². The fourth-order valence-corrected chi connectivity index (χ4v) is 9.85. The van der Waals surface area contributed by atoms with Gasteiger partial charge in [0.05, 0.1) is 0 Å². The third-order valence-electron chi connectivity index (χ3n) is 13.2. The molecule has 0 bridgehead atoms. The number of anilines is 4. The SMILES string of the molecule is CC(C)(C)c1ccnc(-n2c3[c-]c(Oc4[c-]c(N5[CH-]N(c6c(-c7ccccc7)cccc6-c6cc(F)cc(F)c6)c6ccccc65)cc(-c5ccccc5-c5ccccc5)c4)ccc3c3ccccc32)c1.[Pt]. The van der Waals surface area contributed by atoms with Crippen molar-refractivity contribution >= 4 is 44.6 Å². The Kier molecular flexibility index (Phi) is 12.1. The minimum Gasteiger partial charge on any atom is -0.509 e. The van der Waals surface area contributed by atoms with E-state index >= 15 is 8.78 Å². The smallest absolute Gasteiger partial charge is 0.135 e. The molecule has 0 fully saturated rings. The Morgan fingerprint density at radius 3 is 1.79 bits per heavy atom. The summed E-state index contributed by atoms with van der Waals surface area (Å²) >= 11 is 0.